The van der Waals surface area contributed by atoms with Gasteiger partial charge in [0.2, 0.25) is 5.91 Å². The monoisotopic (exact) mass is 297 g/mol. The summed E-state index contributed by atoms with van der Waals surface area (Å²) in [6.07, 6.45) is 3.18. The first kappa shape index (κ1) is 13.9. The van der Waals surface area contributed by atoms with Gasteiger partial charge in [-0.2, -0.15) is 0 Å². The minimum Gasteiger partial charge on any atom is -0.326 e. The zero-order chi connectivity index (χ0) is 14.8. The lowest BCUT2D eigenvalue weighted by Gasteiger charge is -2.17. The van der Waals surface area contributed by atoms with E-state index in [1.54, 1.807) is 17.8 Å². The van der Waals surface area contributed by atoms with E-state index in [1.165, 1.54) is 0 Å². The first-order chi connectivity index (χ1) is 10.2. The topological polar surface area (TPSA) is 46.2 Å². The summed E-state index contributed by atoms with van der Waals surface area (Å²) in [4.78, 5) is 25.0. The number of nitrogens with one attached hydrogen (secondary N) is 1. The molecule has 3 nitrogen and oxygen atoms in total. The van der Waals surface area contributed by atoms with E-state index in [0.29, 0.717) is 24.0 Å². The number of anilines is 1. The van der Waals surface area contributed by atoms with Crippen molar-refractivity contribution in [2.24, 2.45) is 0 Å². The van der Waals surface area contributed by atoms with Crippen molar-refractivity contribution in [3.63, 3.8) is 0 Å². The fourth-order valence-corrected chi connectivity index (χ4v) is 2.84. The molecule has 106 valence electrons. The Hall–Kier alpha value is -2.07. The van der Waals surface area contributed by atoms with Crippen molar-refractivity contribution in [3.8, 4) is 0 Å². The molecule has 4 heteroatoms. The number of carbonyl (C=O) groups is 2. The molecular weight excluding hydrogens is 282 g/mol. The fraction of sp³-hybridized carbons (Fsp3) is 0.176. The van der Waals surface area contributed by atoms with Gasteiger partial charge >= 0.3 is 0 Å². The molecule has 0 saturated heterocycles. The maximum Gasteiger partial charge on any atom is 0.224 e. The number of amides is 1. The highest BCUT2D eigenvalue weighted by Gasteiger charge is 2.17. The second kappa shape index (κ2) is 5.74. The lowest BCUT2D eigenvalue weighted by atomic mass is 9.96. The smallest absolute Gasteiger partial charge is 0.224 e. The molecule has 0 atom stereocenters. The largest absolute Gasteiger partial charge is 0.326 e. The van der Waals surface area contributed by atoms with E-state index in [-0.39, 0.29) is 11.7 Å². The Kier molecular flexibility index (Phi) is 3.80. The van der Waals surface area contributed by atoms with Crippen molar-refractivity contribution in [1.82, 2.24) is 0 Å². The zero-order valence-electron chi connectivity index (χ0n) is 11.7. The number of rotatable bonds is 3. The van der Waals surface area contributed by atoms with E-state index >= 15 is 0 Å². The van der Waals surface area contributed by atoms with Crippen LogP contribution in [0.2, 0.25) is 0 Å². The zero-order valence-corrected chi connectivity index (χ0v) is 12.5. The Balaban J connectivity index is 1.89. The van der Waals surface area contributed by atoms with E-state index in [0.717, 1.165) is 16.1 Å². The van der Waals surface area contributed by atoms with Gasteiger partial charge in [0.25, 0.3) is 0 Å². The molecule has 0 spiro atoms. The SMILES string of the molecule is CSc1ccc(C(=O)c2ccc3c(c2)CCC(=O)N3)cc1. The molecule has 1 amide bonds. The Morgan fingerprint density at radius 3 is 2.48 bits per heavy atom. The van der Waals surface area contributed by atoms with E-state index in [4.69, 9.17) is 0 Å². The maximum atomic E-state index is 12.5. The van der Waals surface area contributed by atoms with Crippen molar-refractivity contribution in [2.75, 3.05) is 11.6 Å². The van der Waals surface area contributed by atoms with Crippen LogP contribution in [0.1, 0.15) is 27.9 Å². The van der Waals surface area contributed by atoms with Gasteiger partial charge < -0.3 is 5.32 Å². The first-order valence-corrected chi connectivity index (χ1v) is 8.01. The third-order valence-corrected chi connectivity index (χ3v) is 4.36. The number of hydrogen-bond donors (Lipinski definition) is 1. The van der Waals surface area contributed by atoms with Crippen LogP contribution < -0.4 is 5.32 Å². The quantitative estimate of drug-likeness (QED) is 0.696. The van der Waals surface area contributed by atoms with Crippen LogP contribution in [-0.4, -0.2) is 17.9 Å². The van der Waals surface area contributed by atoms with Crippen LogP contribution in [0.5, 0.6) is 0 Å². The third kappa shape index (κ3) is 2.85. The summed E-state index contributed by atoms with van der Waals surface area (Å²) in [7, 11) is 0. The number of hydrogen-bond acceptors (Lipinski definition) is 3. The van der Waals surface area contributed by atoms with Crippen molar-refractivity contribution >= 4 is 29.1 Å². The molecule has 0 aromatic heterocycles. The van der Waals surface area contributed by atoms with Gasteiger partial charge in [-0.25, -0.2) is 0 Å². The Labute approximate surface area is 127 Å². The fourth-order valence-electron chi connectivity index (χ4n) is 2.43. The van der Waals surface area contributed by atoms with Crippen LogP contribution in [0, 0.1) is 0 Å². The Morgan fingerprint density at radius 2 is 1.76 bits per heavy atom. The molecule has 1 heterocycles. The molecule has 0 radical (unpaired) electrons. The number of benzene rings is 2. The molecule has 0 fully saturated rings. The van der Waals surface area contributed by atoms with E-state index in [9.17, 15) is 9.59 Å². The van der Waals surface area contributed by atoms with Gasteiger partial charge in [0.05, 0.1) is 0 Å². The van der Waals surface area contributed by atoms with Gasteiger partial charge in [0, 0.05) is 28.1 Å². The van der Waals surface area contributed by atoms with Crippen LogP contribution in [0.3, 0.4) is 0 Å². The van der Waals surface area contributed by atoms with Crippen LogP contribution >= 0.6 is 11.8 Å². The summed E-state index contributed by atoms with van der Waals surface area (Å²) in [5.41, 5.74) is 3.20. The van der Waals surface area contributed by atoms with E-state index < -0.39 is 0 Å². The molecule has 0 bridgehead atoms. The lowest BCUT2D eigenvalue weighted by molar-refractivity contribution is -0.116. The molecule has 1 aliphatic heterocycles. The summed E-state index contributed by atoms with van der Waals surface area (Å²) in [5.74, 6) is 0.0524. The predicted octanol–water partition coefficient (Wildman–Crippen LogP) is 3.52. The van der Waals surface area contributed by atoms with Crippen LogP contribution in [0.4, 0.5) is 5.69 Å². The Morgan fingerprint density at radius 1 is 1.05 bits per heavy atom. The predicted molar refractivity (Wildman–Crippen MR) is 85.0 cm³/mol. The van der Waals surface area contributed by atoms with Crippen molar-refractivity contribution in [1.29, 1.82) is 0 Å². The molecule has 2 aromatic carbocycles. The minimum atomic E-state index is 0.0161. The van der Waals surface area contributed by atoms with Gasteiger partial charge in [-0.3, -0.25) is 9.59 Å². The van der Waals surface area contributed by atoms with Gasteiger partial charge in [-0.05, 0) is 60.7 Å². The Bertz CT molecular complexity index is 707. The molecule has 0 unspecified atom stereocenters. The molecule has 1 N–H and O–H groups in total. The van der Waals surface area contributed by atoms with E-state index in [2.05, 4.69) is 5.32 Å². The molecule has 3 rings (SSSR count). The second-order valence-corrected chi connectivity index (χ2v) is 5.86. The molecule has 21 heavy (non-hydrogen) atoms. The summed E-state index contributed by atoms with van der Waals surface area (Å²) < 4.78 is 0. The average Bonchev–Trinajstić information content (AvgIpc) is 2.53. The van der Waals surface area contributed by atoms with Gasteiger partial charge in [0.15, 0.2) is 5.78 Å². The van der Waals surface area contributed by atoms with Crippen LogP contribution in [-0.2, 0) is 11.2 Å². The maximum absolute atomic E-state index is 12.5. The van der Waals surface area contributed by atoms with Crippen LogP contribution in [0.25, 0.3) is 0 Å². The first-order valence-electron chi connectivity index (χ1n) is 6.79. The number of carbonyl (C=O) groups excluding carboxylic acids is 2. The number of fused-ring (bicyclic) bond motifs is 1. The summed E-state index contributed by atoms with van der Waals surface area (Å²) in [6, 6.07) is 13.1. The van der Waals surface area contributed by atoms with Crippen molar-refractivity contribution in [3.05, 3.63) is 59.2 Å². The second-order valence-electron chi connectivity index (χ2n) is 4.98. The standard InChI is InChI=1S/C17H15NO2S/c1-21-14-6-2-11(3-7-14)17(20)13-4-8-15-12(10-13)5-9-16(19)18-15/h2-4,6-8,10H,5,9H2,1H3,(H,18,19). The number of aryl methyl sites for hydroxylation is 1. The van der Waals surface area contributed by atoms with E-state index in [1.807, 2.05) is 42.7 Å². The molecule has 0 saturated carbocycles. The van der Waals surface area contributed by atoms with Gasteiger partial charge in [0.1, 0.15) is 0 Å². The molecule has 1 aliphatic rings. The normalized spacial score (nSPS) is 13.5. The number of thioether (sulfide) groups is 1. The van der Waals surface area contributed by atoms with Gasteiger partial charge in [-0.15, -0.1) is 11.8 Å². The number of ketones is 1. The van der Waals surface area contributed by atoms with Gasteiger partial charge in [-0.1, -0.05) is 0 Å². The average molecular weight is 297 g/mol. The minimum absolute atomic E-state index is 0.0161. The van der Waals surface area contributed by atoms with Crippen molar-refractivity contribution in [2.45, 2.75) is 17.7 Å². The van der Waals surface area contributed by atoms with Crippen LogP contribution in [0.15, 0.2) is 47.4 Å². The summed E-state index contributed by atoms with van der Waals surface area (Å²) in [6.45, 7) is 0. The highest BCUT2D eigenvalue weighted by atomic mass is 32.2. The molecular formula is C17H15NO2S. The lowest BCUT2D eigenvalue weighted by Crippen LogP contribution is -2.19. The van der Waals surface area contributed by atoms with Crippen molar-refractivity contribution < 1.29 is 9.59 Å². The highest BCUT2D eigenvalue weighted by molar-refractivity contribution is 7.98. The molecule has 2 aromatic rings. The molecule has 0 aliphatic carbocycles. The third-order valence-electron chi connectivity index (χ3n) is 3.62. The highest BCUT2D eigenvalue weighted by Crippen LogP contribution is 2.25. The summed E-state index contributed by atoms with van der Waals surface area (Å²) >= 11 is 1.65. The summed E-state index contributed by atoms with van der Waals surface area (Å²) in [5, 5.41) is 2.83.